The Labute approximate surface area is 47.5 Å². The molecule has 0 aliphatic rings. The fourth-order valence-corrected chi connectivity index (χ4v) is 0.424. The van der Waals surface area contributed by atoms with Gasteiger partial charge in [0.05, 0.1) is 5.69 Å². The van der Waals surface area contributed by atoms with Crippen LogP contribution in [0.3, 0.4) is 0 Å². The van der Waals surface area contributed by atoms with Crippen LogP contribution >= 0.6 is 0 Å². The van der Waals surface area contributed by atoms with Crippen LogP contribution < -0.4 is 5.73 Å². The van der Waals surface area contributed by atoms with Gasteiger partial charge in [-0.15, -0.1) is 0 Å². The van der Waals surface area contributed by atoms with E-state index in [2.05, 4.69) is 16.6 Å². The Hall–Kier alpha value is -0.990. The number of hydrogen-bond donors (Lipinski definition) is 1. The number of hydrogen-bond acceptors (Lipinski definition) is 3. The fourth-order valence-electron chi connectivity index (χ4n) is 0.424. The standard InChI is InChI=1S/C5H7N2O/c1-3-5(6)4(2)8-7-3/h2,6H2,1H3. The van der Waals surface area contributed by atoms with Crippen LogP contribution in [0.5, 0.6) is 0 Å². The van der Waals surface area contributed by atoms with Gasteiger partial charge in [0.1, 0.15) is 5.69 Å². The largest absolute Gasteiger partial charge is 0.394 e. The van der Waals surface area contributed by atoms with Crippen LogP contribution in [0.1, 0.15) is 11.5 Å². The average Bonchev–Trinajstić information content (AvgIpc) is 1.98. The van der Waals surface area contributed by atoms with E-state index >= 15 is 0 Å². The molecule has 3 nitrogen and oxygen atoms in total. The van der Waals surface area contributed by atoms with Crippen LogP contribution in [0.15, 0.2) is 4.52 Å². The smallest absolute Gasteiger partial charge is 0.160 e. The second-order valence-corrected chi connectivity index (χ2v) is 1.60. The predicted molar refractivity (Wildman–Crippen MR) is 30.1 cm³/mol. The molecule has 0 saturated heterocycles. The molecule has 1 radical (unpaired) electrons. The van der Waals surface area contributed by atoms with Gasteiger partial charge in [-0.3, -0.25) is 0 Å². The first-order valence-electron chi connectivity index (χ1n) is 2.25. The topological polar surface area (TPSA) is 52.0 Å². The quantitative estimate of drug-likeness (QED) is 0.537. The van der Waals surface area contributed by atoms with E-state index in [1.165, 1.54) is 0 Å². The van der Waals surface area contributed by atoms with Crippen molar-refractivity contribution in [1.29, 1.82) is 0 Å². The Balaban J connectivity index is 3.19. The third-order valence-corrected chi connectivity index (χ3v) is 0.983. The molecule has 1 aromatic heterocycles. The third kappa shape index (κ3) is 0.559. The molecule has 43 valence electrons. The Morgan fingerprint density at radius 2 is 2.38 bits per heavy atom. The molecule has 8 heavy (non-hydrogen) atoms. The zero-order chi connectivity index (χ0) is 6.15. The first kappa shape index (κ1) is 5.15. The SMILES string of the molecule is [CH2]c1onc(C)c1N. The molecule has 0 atom stereocenters. The predicted octanol–water partition coefficient (Wildman–Crippen LogP) is 0.747. The highest BCUT2D eigenvalue weighted by molar-refractivity contribution is 5.46. The van der Waals surface area contributed by atoms with Gasteiger partial charge < -0.3 is 10.3 Å². The van der Waals surface area contributed by atoms with Crippen LogP contribution in [0.25, 0.3) is 0 Å². The molecule has 0 spiro atoms. The lowest BCUT2D eigenvalue weighted by Crippen LogP contribution is -1.85. The minimum Gasteiger partial charge on any atom is -0.394 e. The summed E-state index contributed by atoms with van der Waals surface area (Å²) in [5.41, 5.74) is 6.63. The molecule has 0 aliphatic heterocycles. The molecule has 0 fully saturated rings. The van der Waals surface area contributed by atoms with Gasteiger partial charge in [0.25, 0.3) is 0 Å². The van der Waals surface area contributed by atoms with Gasteiger partial charge in [-0.25, -0.2) is 0 Å². The van der Waals surface area contributed by atoms with Crippen molar-refractivity contribution in [2.45, 2.75) is 6.92 Å². The number of nitrogen functional groups attached to an aromatic ring is 1. The van der Waals surface area contributed by atoms with Crippen molar-refractivity contribution < 1.29 is 4.52 Å². The Kier molecular flexibility index (Phi) is 0.970. The minimum absolute atomic E-state index is 0.447. The highest BCUT2D eigenvalue weighted by atomic mass is 16.5. The van der Waals surface area contributed by atoms with Gasteiger partial charge in [0, 0.05) is 6.92 Å². The van der Waals surface area contributed by atoms with Crippen LogP contribution in [0.2, 0.25) is 0 Å². The summed E-state index contributed by atoms with van der Waals surface area (Å²) < 4.78 is 4.61. The summed E-state index contributed by atoms with van der Waals surface area (Å²) in [7, 11) is 0. The van der Waals surface area contributed by atoms with Crippen molar-refractivity contribution >= 4 is 5.69 Å². The second kappa shape index (κ2) is 1.51. The van der Waals surface area contributed by atoms with E-state index in [0.717, 1.165) is 0 Å². The molecule has 1 rings (SSSR count). The van der Waals surface area contributed by atoms with E-state index in [-0.39, 0.29) is 0 Å². The summed E-state index contributed by atoms with van der Waals surface area (Å²) in [6, 6.07) is 0. The molecule has 0 saturated carbocycles. The van der Waals surface area contributed by atoms with Gasteiger partial charge in [0.2, 0.25) is 0 Å². The van der Waals surface area contributed by atoms with Crippen molar-refractivity contribution in [3.63, 3.8) is 0 Å². The van der Waals surface area contributed by atoms with Gasteiger partial charge in [-0.05, 0) is 6.92 Å². The maximum absolute atomic E-state index is 5.38. The lowest BCUT2D eigenvalue weighted by atomic mass is 10.3. The first-order valence-corrected chi connectivity index (χ1v) is 2.25. The molecule has 2 N–H and O–H groups in total. The maximum Gasteiger partial charge on any atom is 0.160 e. The Morgan fingerprint density at radius 3 is 2.50 bits per heavy atom. The maximum atomic E-state index is 5.38. The number of rotatable bonds is 0. The molecule has 0 aliphatic carbocycles. The summed E-state index contributed by atoms with van der Waals surface area (Å²) in [6.45, 7) is 5.26. The zero-order valence-corrected chi connectivity index (χ0v) is 4.64. The molecule has 0 bridgehead atoms. The summed E-state index contributed by atoms with van der Waals surface area (Å²) in [6.07, 6.45) is 0. The van der Waals surface area contributed by atoms with Gasteiger partial charge in [-0.2, -0.15) is 0 Å². The van der Waals surface area contributed by atoms with E-state index in [4.69, 9.17) is 5.73 Å². The summed E-state index contributed by atoms with van der Waals surface area (Å²) >= 11 is 0. The molecule has 1 aromatic rings. The number of nitrogens with zero attached hydrogens (tertiary/aromatic N) is 1. The first-order chi connectivity index (χ1) is 3.72. The van der Waals surface area contributed by atoms with Gasteiger partial charge >= 0.3 is 0 Å². The van der Waals surface area contributed by atoms with E-state index in [0.29, 0.717) is 17.1 Å². The highest BCUT2D eigenvalue weighted by Crippen LogP contribution is 2.12. The number of aromatic nitrogens is 1. The summed E-state index contributed by atoms with van der Waals surface area (Å²) in [5, 5.41) is 3.55. The number of anilines is 1. The average molecular weight is 111 g/mol. The summed E-state index contributed by atoms with van der Waals surface area (Å²) in [4.78, 5) is 0. The van der Waals surface area contributed by atoms with E-state index in [9.17, 15) is 0 Å². The lowest BCUT2D eigenvalue weighted by Gasteiger charge is -1.81. The van der Waals surface area contributed by atoms with E-state index in [1.54, 1.807) is 6.92 Å². The zero-order valence-electron chi connectivity index (χ0n) is 4.64. The lowest BCUT2D eigenvalue weighted by molar-refractivity contribution is 0.403. The van der Waals surface area contributed by atoms with Gasteiger partial charge in [0.15, 0.2) is 5.76 Å². The molecule has 1 heterocycles. The van der Waals surface area contributed by atoms with Crippen LogP contribution in [-0.4, -0.2) is 5.16 Å². The molecular formula is C5H7N2O. The highest BCUT2D eigenvalue weighted by Gasteiger charge is 2.01. The minimum atomic E-state index is 0.447. The fraction of sp³-hybridized carbons (Fsp3) is 0.200. The molecular weight excluding hydrogens is 104 g/mol. The van der Waals surface area contributed by atoms with E-state index in [1.807, 2.05) is 0 Å². The van der Waals surface area contributed by atoms with Crippen molar-refractivity contribution in [2.24, 2.45) is 0 Å². The van der Waals surface area contributed by atoms with Crippen molar-refractivity contribution in [3.05, 3.63) is 18.4 Å². The number of aryl methyl sites for hydroxylation is 1. The summed E-state index contributed by atoms with van der Waals surface area (Å²) in [5.74, 6) is 0.447. The molecule has 3 heteroatoms. The second-order valence-electron chi connectivity index (χ2n) is 1.60. The van der Waals surface area contributed by atoms with Crippen molar-refractivity contribution in [2.75, 3.05) is 5.73 Å². The van der Waals surface area contributed by atoms with Crippen LogP contribution in [0, 0.1) is 13.8 Å². The normalized spacial score (nSPS) is 9.75. The molecule has 0 amide bonds. The monoisotopic (exact) mass is 111 g/mol. The van der Waals surface area contributed by atoms with Crippen molar-refractivity contribution in [1.82, 2.24) is 5.16 Å². The van der Waals surface area contributed by atoms with Crippen LogP contribution in [-0.2, 0) is 0 Å². The third-order valence-electron chi connectivity index (χ3n) is 0.983. The molecule has 0 aromatic carbocycles. The van der Waals surface area contributed by atoms with Crippen molar-refractivity contribution in [3.8, 4) is 0 Å². The Bertz CT molecular complexity index is 173. The van der Waals surface area contributed by atoms with Crippen LogP contribution in [0.4, 0.5) is 5.69 Å². The van der Waals surface area contributed by atoms with E-state index < -0.39 is 0 Å². The number of nitrogens with two attached hydrogens (primary N) is 1. The molecule has 0 unspecified atom stereocenters. The van der Waals surface area contributed by atoms with Gasteiger partial charge in [-0.1, -0.05) is 5.16 Å². The Morgan fingerprint density at radius 1 is 1.75 bits per heavy atom.